The predicted molar refractivity (Wildman–Crippen MR) is 50.4 cm³/mol. The summed E-state index contributed by atoms with van der Waals surface area (Å²) in [7, 11) is 0. The second-order valence-electron chi connectivity index (χ2n) is 3.02. The molecule has 0 saturated carbocycles. The Kier molecular flexibility index (Phi) is 4.49. The number of nitrogens with one attached hydrogen (secondary N) is 2. The van der Waals surface area contributed by atoms with Crippen LogP contribution in [0, 0.1) is 0 Å². The molecule has 1 aliphatic rings. The molecule has 13 heavy (non-hydrogen) atoms. The summed E-state index contributed by atoms with van der Waals surface area (Å²) in [5.41, 5.74) is 0. The van der Waals surface area contributed by atoms with Crippen LogP contribution >= 0.6 is 0 Å². The van der Waals surface area contributed by atoms with Crippen molar-refractivity contribution in [1.29, 1.82) is 0 Å². The van der Waals surface area contributed by atoms with Crippen molar-refractivity contribution in [2.24, 2.45) is 0 Å². The van der Waals surface area contributed by atoms with Crippen LogP contribution in [-0.2, 0) is 9.53 Å². The largest absolute Gasteiger partial charge is 0.378 e. The van der Waals surface area contributed by atoms with E-state index >= 15 is 0 Å². The minimum Gasteiger partial charge on any atom is -0.378 e. The molecule has 1 amide bonds. The average molecular weight is 184 g/mol. The highest BCUT2D eigenvalue weighted by atomic mass is 16.5. The lowest BCUT2D eigenvalue weighted by Gasteiger charge is -2.23. The van der Waals surface area contributed by atoms with Crippen molar-refractivity contribution in [3.8, 4) is 0 Å². The van der Waals surface area contributed by atoms with E-state index in [0.717, 1.165) is 13.2 Å². The van der Waals surface area contributed by atoms with E-state index in [4.69, 9.17) is 4.74 Å². The van der Waals surface area contributed by atoms with Crippen LogP contribution in [0.5, 0.6) is 0 Å². The third kappa shape index (κ3) is 4.05. The van der Waals surface area contributed by atoms with Crippen LogP contribution in [0.3, 0.4) is 0 Å². The van der Waals surface area contributed by atoms with Gasteiger partial charge in [0.1, 0.15) is 0 Å². The molecule has 0 bridgehead atoms. The Morgan fingerprint density at radius 1 is 1.77 bits per heavy atom. The van der Waals surface area contributed by atoms with Crippen LogP contribution in [-0.4, -0.2) is 38.3 Å². The van der Waals surface area contributed by atoms with Gasteiger partial charge in [0.2, 0.25) is 5.91 Å². The average Bonchev–Trinajstić information content (AvgIpc) is 2.16. The lowest BCUT2D eigenvalue weighted by Crippen LogP contribution is -2.44. The smallest absolute Gasteiger partial charge is 0.221 e. The Hall–Kier alpha value is -0.870. The zero-order valence-corrected chi connectivity index (χ0v) is 7.71. The van der Waals surface area contributed by atoms with Crippen LogP contribution in [0.1, 0.15) is 6.42 Å². The summed E-state index contributed by atoms with van der Waals surface area (Å²) in [6, 6.07) is 0.165. The third-order valence-corrected chi connectivity index (χ3v) is 1.87. The van der Waals surface area contributed by atoms with Gasteiger partial charge in [0, 0.05) is 25.6 Å². The lowest BCUT2D eigenvalue weighted by molar-refractivity contribution is -0.122. The van der Waals surface area contributed by atoms with E-state index in [9.17, 15) is 4.79 Å². The van der Waals surface area contributed by atoms with Gasteiger partial charge in [0.15, 0.2) is 0 Å². The maximum absolute atomic E-state index is 11.2. The molecule has 1 rings (SSSR count). The molecule has 0 aliphatic carbocycles. The van der Waals surface area contributed by atoms with Gasteiger partial charge in [-0.3, -0.25) is 4.79 Å². The minimum atomic E-state index is 0.0444. The van der Waals surface area contributed by atoms with Crippen LogP contribution in [0.4, 0.5) is 0 Å². The summed E-state index contributed by atoms with van der Waals surface area (Å²) >= 11 is 0. The van der Waals surface area contributed by atoms with Crippen molar-refractivity contribution in [1.82, 2.24) is 10.6 Å². The maximum atomic E-state index is 11.2. The first kappa shape index (κ1) is 10.2. The van der Waals surface area contributed by atoms with Crippen molar-refractivity contribution < 1.29 is 9.53 Å². The molecule has 0 radical (unpaired) electrons. The fourth-order valence-electron chi connectivity index (χ4n) is 1.23. The first-order chi connectivity index (χ1) is 6.33. The lowest BCUT2D eigenvalue weighted by atomic mass is 10.2. The number of hydrogen-bond acceptors (Lipinski definition) is 3. The molecule has 4 heteroatoms. The fraction of sp³-hybridized carbons (Fsp3) is 0.667. The Balaban J connectivity index is 2.14. The van der Waals surface area contributed by atoms with Gasteiger partial charge in [-0.1, -0.05) is 6.08 Å². The monoisotopic (exact) mass is 184 g/mol. The van der Waals surface area contributed by atoms with Crippen LogP contribution < -0.4 is 10.6 Å². The van der Waals surface area contributed by atoms with Gasteiger partial charge < -0.3 is 15.4 Å². The molecule has 1 aliphatic heterocycles. The molecule has 1 fully saturated rings. The topological polar surface area (TPSA) is 50.4 Å². The van der Waals surface area contributed by atoms with E-state index < -0.39 is 0 Å². The molecule has 1 heterocycles. The third-order valence-electron chi connectivity index (χ3n) is 1.87. The van der Waals surface area contributed by atoms with Gasteiger partial charge in [-0.2, -0.15) is 0 Å². The van der Waals surface area contributed by atoms with Gasteiger partial charge in [-0.25, -0.2) is 0 Å². The molecule has 74 valence electrons. The highest BCUT2D eigenvalue weighted by Crippen LogP contribution is 1.97. The second-order valence-corrected chi connectivity index (χ2v) is 3.02. The molecule has 4 nitrogen and oxygen atoms in total. The van der Waals surface area contributed by atoms with Crippen LogP contribution in [0.2, 0.25) is 0 Å². The first-order valence-electron chi connectivity index (χ1n) is 4.51. The standard InChI is InChI=1S/C9H16N2O2/c1-2-3-11-9(12)6-8-7-13-5-4-10-8/h2,8,10H,1,3-7H2,(H,11,12). The van der Waals surface area contributed by atoms with Gasteiger partial charge in [-0.05, 0) is 0 Å². The number of hydrogen-bond donors (Lipinski definition) is 2. The molecular formula is C9H16N2O2. The molecule has 0 aromatic carbocycles. The maximum Gasteiger partial charge on any atom is 0.221 e. The van der Waals surface area contributed by atoms with E-state index in [2.05, 4.69) is 17.2 Å². The van der Waals surface area contributed by atoms with E-state index in [0.29, 0.717) is 19.6 Å². The van der Waals surface area contributed by atoms with Crippen molar-refractivity contribution in [3.05, 3.63) is 12.7 Å². The van der Waals surface area contributed by atoms with E-state index in [1.807, 2.05) is 0 Å². The summed E-state index contributed by atoms with van der Waals surface area (Å²) in [5.74, 6) is 0.0444. The van der Waals surface area contributed by atoms with Crippen LogP contribution in [0.15, 0.2) is 12.7 Å². The van der Waals surface area contributed by atoms with E-state index in [1.54, 1.807) is 6.08 Å². The SMILES string of the molecule is C=CCNC(=O)CC1COCCN1. The summed E-state index contributed by atoms with van der Waals surface area (Å²) in [6.45, 7) is 6.26. The van der Waals surface area contributed by atoms with Crippen molar-refractivity contribution in [2.45, 2.75) is 12.5 Å². The highest BCUT2D eigenvalue weighted by molar-refractivity contribution is 5.76. The van der Waals surface area contributed by atoms with Gasteiger partial charge >= 0.3 is 0 Å². The molecule has 2 N–H and O–H groups in total. The second kappa shape index (κ2) is 5.72. The Labute approximate surface area is 78.3 Å². The zero-order valence-electron chi connectivity index (χ0n) is 7.71. The summed E-state index contributed by atoms with van der Waals surface area (Å²) < 4.78 is 5.22. The molecule has 0 aromatic rings. The first-order valence-corrected chi connectivity index (χ1v) is 4.51. The number of rotatable bonds is 4. The predicted octanol–water partition coefficient (Wildman–Crippen LogP) is -0.333. The number of ether oxygens (including phenoxy) is 1. The number of amides is 1. The summed E-state index contributed by atoms with van der Waals surface area (Å²) in [6.07, 6.45) is 2.15. The minimum absolute atomic E-state index is 0.0444. The van der Waals surface area contributed by atoms with Crippen LogP contribution in [0.25, 0.3) is 0 Å². The normalized spacial score (nSPS) is 22.3. The molecule has 1 unspecified atom stereocenters. The molecule has 1 saturated heterocycles. The number of carbonyl (C=O) groups is 1. The Bertz CT molecular complexity index is 176. The molecule has 0 aromatic heterocycles. The van der Waals surface area contributed by atoms with E-state index in [1.165, 1.54) is 0 Å². The Morgan fingerprint density at radius 3 is 3.23 bits per heavy atom. The highest BCUT2D eigenvalue weighted by Gasteiger charge is 2.15. The van der Waals surface area contributed by atoms with Gasteiger partial charge in [0.25, 0.3) is 0 Å². The quantitative estimate of drug-likeness (QED) is 0.588. The fourth-order valence-corrected chi connectivity index (χ4v) is 1.23. The summed E-state index contributed by atoms with van der Waals surface area (Å²) in [5, 5.41) is 5.94. The van der Waals surface area contributed by atoms with Crippen molar-refractivity contribution in [3.63, 3.8) is 0 Å². The Morgan fingerprint density at radius 2 is 2.62 bits per heavy atom. The zero-order chi connectivity index (χ0) is 9.52. The van der Waals surface area contributed by atoms with Crippen molar-refractivity contribution in [2.75, 3.05) is 26.3 Å². The number of carbonyl (C=O) groups excluding carboxylic acids is 1. The number of morpholine rings is 1. The van der Waals surface area contributed by atoms with Gasteiger partial charge in [-0.15, -0.1) is 6.58 Å². The molecule has 1 atom stereocenters. The van der Waals surface area contributed by atoms with E-state index in [-0.39, 0.29) is 11.9 Å². The molecule has 0 spiro atoms. The van der Waals surface area contributed by atoms with Gasteiger partial charge in [0.05, 0.1) is 13.2 Å². The van der Waals surface area contributed by atoms with Crippen molar-refractivity contribution >= 4 is 5.91 Å². The molecular weight excluding hydrogens is 168 g/mol. The summed E-state index contributed by atoms with van der Waals surface area (Å²) in [4.78, 5) is 11.2.